The monoisotopic (exact) mass is 231 g/mol. The van der Waals surface area contributed by atoms with Crippen LogP contribution in [0.3, 0.4) is 0 Å². The van der Waals surface area contributed by atoms with Crippen LogP contribution in [0.1, 0.15) is 19.5 Å². The second-order valence-corrected chi connectivity index (χ2v) is 4.43. The first-order valence-corrected chi connectivity index (χ1v) is 5.74. The SMILES string of the molecule is Cc1nccnc1-c1cc(NCC(C)C)n[nH]1. The molecule has 0 fully saturated rings. The summed E-state index contributed by atoms with van der Waals surface area (Å²) in [6.45, 7) is 7.16. The van der Waals surface area contributed by atoms with Crippen LogP contribution in [0.2, 0.25) is 0 Å². The van der Waals surface area contributed by atoms with Crippen molar-refractivity contribution in [3.8, 4) is 11.4 Å². The standard InChI is InChI=1S/C12H17N5/c1-8(2)7-15-11-6-10(16-17-11)12-9(3)13-4-5-14-12/h4-6,8H,7H2,1-3H3,(H2,15,16,17). The summed E-state index contributed by atoms with van der Waals surface area (Å²) >= 11 is 0. The van der Waals surface area contributed by atoms with E-state index in [1.807, 2.05) is 13.0 Å². The lowest BCUT2D eigenvalue weighted by molar-refractivity contribution is 0.687. The Kier molecular flexibility index (Phi) is 3.37. The molecule has 17 heavy (non-hydrogen) atoms. The van der Waals surface area contributed by atoms with Gasteiger partial charge < -0.3 is 5.32 Å². The van der Waals surface area contributed by atoms with E-state index < -0.39 is 0 Å². The van der Waals surface area contributed by atoms with Gasteiger partial charge in [-0.3, -0.25) is 15.1 Å². The Bertz CT molecular complexity index is 489. The van der Waals surface area contributed by atoms with E-state index in [0.29, 0.717) is 5.92 Å². The molecule has 0 spiro atoms. The highest BCUT2D eigenvalue weighted by molar-refractivity contribution is 5.60. The van der Waals surface area contributed by atoms with Gasteiger partial charge in [0.05, 0.1) is 11.4 Å². The summed E-state index contributed by atoms with van der Waals surface area (Å²) in [5.41, 5.74) is 2.63. The van der Waals surface area contributed by atoms with Crippen LogP contribution < -0.4 is 5.32 Å². The molecule has 2 N–H and O–H groups in total. The highest BCUT2D eigenvalue weighted by Gasteiger charge is 2.07. The van der Waals surface area contributed by atoms with E-state index in [1.165, 1.54) is 0 Å². The van der Waals surface area contributed by atoms with Crippen molar-refractivity contribution >= 4 is 5.82 Å². The third kappa shape index (κ3) is 2.81. The summed E-state index contributed by atoms with van der Waals surface area (Å²) in [6.07, 6.45) is 3.37. The van der Waals surface area contributed by atoms with Gasteiger partial charge >= 0.3 is 0 Å². The van der Waals surface area contributed by atoms with E-state index >= 15 is 0 Å². The van der Waals surface area contributed by atoms with Gasteiger partial charge in [-0.2, -0.15) is 5.10 Å². The van der Waals surface area contributed by atoms with Crippen LogP contribution in [-0.2, 0) is 0 Å². The molecule has 5 nitrogen and oxygen atoms in total. The van der Waals surface area contributed by atoms with E-state index in [9.17, 15) is 0 Å². The predicted octanol–water partition coefficient (Wildman–Crippen LogP) is 2.24. The zero-order chi connectivity index (χ0) is 12.3. The number of anilines is 1. The molecule has 0 aromatic carbocycles. The molecule has 0 saturated carbocycles. The van der Waals surface area contributed by atoms with Crippen LogP contribution >= 0.6 is 0 Å². The fraction of sp³-hybridized carbons (Fsp3) is 0.417. The third-order valence-corrected chi connectivity index (χ3v) is 2.41. The molecule has 0 radical (unpaired) electrons. The first kappa shape index (κ1) is 11.6. The average Bonchev–Trinajstić information content (AvgIpc) is 2.75. The third-order valence-electron chi connectivity index (χ3n) is 2.41. The topological polar surface area (TPSA) is 66.5 Å². The van der Waals surface area contributed by atoms with Crippen molar-refractivity contribution in [2.24, 2.45) is 5.92 Å². The van der Waals surface area contributed by atoms with Gasteiger partial charge in [0.2, 0.25) is 0 Å². The molecular weight excluding hydrogens is 214 g/mol. The minimum absolute atomic E-state index is 0.591. The lowest BCUT2D eigenvalue weighted by atomic mass is 10.2. The van der Waals surface area contributed by atoms with Gasteiger partial charge in [0.1, 0.15) is 11.5 Å². The summed E-state index contributed by atoms with van der Waals surface area (Å²) in [5.74, 6) is 1.44. The van der Waals surface area contributed by atoms with Crippen LogP contribution in [0.25, 0.3) is 11.4 Å². The maximum atomic E-state index is 4.30. The molecule has 2 rings (SSSR count). The van der Waals surface area contributed by atoms with Gasteiger partial charge in [0.15, 0.2) is 0 Å². The molecule has 0 aliphatic rings. The van der Waals surface area contributed by atoms with Crippen LogP contribution in [0, 0.1) is 12.8 Å². The summed E-state index contributed by atoms with van der Waals surface area (Å²) < 4.78 is 0. The second-order valence-electron chi connectivity index (χ2n) is 4.43. The molecule has 2 heterocycles. The van der Waals surface area contributed by atoms with Gasteiger partial charge in [-0.25, -0.2) is 0 Å². The molecule has 0 saturated heterocycles. The summed E-state index contributed by atoms with van der Waals surface area (Å²) in [6, 6.07) is 1.96. The number of nitrogens with one attached hydrogen (secondary N) is 2. The Balaban J connectivity index is 2.16. The van der Waals surface area contributed by atoms with Gasteiger partial charge in [-0.05, 0) is 12.8 Å². The second kappa shape index (κ2) is 4.95. The number of aromatic nitrogens is 4. The molecule has 0 atom stereocenters. The van der Waals surface area contributed by atoms with Crippen molar-refractivity contribution in [3.05, 3.63) is 24.2 Å². The molecule has 0 unspecified atom stereocenters. The summed E-state index contributed by atoms with van der Waals surface area (Å²) in [4.78, 5) is 8.50. The highest BCUT2D eigenvalue weighted by Crippen LogP contribution is 2.19. The maximum absolute atomic E-state index is 4.30. The number of aromatic amines is 1. The number of hydrogen-bond donors (Lipinski definition) is 2. The van der Waals surface area contributed by atoms with E-state index in [1.54, 1.807) is 12.4 Å². The van der Waals surface area contributed by atoms with Crippen molar-refractivity contribution in [3.63, 3.8) is 0 Å². The number of hydrogen-bond acceptors (Lipinski definition) is 4. The molecule has 0 aliphatic carbocycles. The average molecular weight is 231 g/mol. The van der Waals surface area contributed by atoms with Crippen molar-refractivity contribution in [1.82, 2.24) is 20.2 Å². The van der Waals surface area contributed by atoms with Crippen LogP contribution in [0.4, 0.5) is 5.82 Å². The fourth-order valence-electron chi connectivity index (χ4n) is 1.51. The van der Waals surface area contributed by atoms with Crippen molar-refractivity contribution in [2.75, 3.05) is 11.9 Å². The van der Waals surface area contributed by atoms with Gasteiger partial charge in [0.25, 0.3) is 0 Å². The Morgan fingerprint density at radius 2 is 2.06 bits per heavy atom. The minimum Gasteiger partial charge on any atom is -0.368 e. The molecule has 2 aromatic rings. The lowest BCUT2D eigenvalue weighted by Crippen LogP contribution is -2.07. The Hall–Kier alpha value is -1.91. The Labute approximate surface area is 101 Å². The van der Waals surface area contributed by atoms with E-state index in [0.717, 1.165) is 29.4 Å². The van der Waals surface area contributed by atoms with Crippen molar-refractivity contribution < 1.29 is 0 Å². The molecule has 0 aliphatic heterocycles. The number of H-pyrrole nitrogens is 1. The van der Waals surface area contributed by atoms with Crippen molar-refractivity contribution in [1.29, 1.82) is 0 Å². The lowest BCUT2D eigenvalue weighted by Gasteiger charge is -2.04. The Morgan fingerprint density at radius 1 is 1.29 bits per heavy atom. The minimum atomic E-state index is 0.591. The van der Waals surface area contributed by atoms with Crippen LogP contribution in [0.5, 0.6) is 0 Å². The number of aryl methyl sites for hydroxylation is 1. The molecule has 0 bridgehead atoms. The molecular formula is C12H17N5. The van der Waals surface area contributed by atoms with Crippen molar-refractivity contribution in [2.45, 2.75) is 20.8 Å². The smallest absolute Gasteiger partial charge is 0.148 e. The summed E-state index contributed by atoms with van der Waals surface area (Å²) in [7, 11) is 0. The van der Waals surface area contributed by atoms with Gasteiger partial charge in [-0.15, -0.1) is 0 Å². The Morgan fingerprint density at radius 3 is 2.76 bits per heavy atom. The predicted molar refractivity (Wildman–Crippen MR) is 67.7 cm³/mol. The van der Waals surface area contributed by atoms with Crippen LogP contribution in [-0.4, -0.2) is 26.7 Å². The number of nitrogens with zero attached hydrogens (tertiary/aromatic N) is 3. The quantitative estimate of drug-likeness (QED) is 0.847. The maximum Gasteiger partial charge on any atom is 0.148 e. The first-order valence-electron chi connectivity index (χ1n) is 5.74. The van der Waals surface area contributed by atoms with Gasteiger partial charge in [0, 0.05) is 25.0 Å². The molecule has 2 aromatic heterocycles. The van der Waals surface area contributed by atoms with Crippen LogP contribution in [0.15, 0.2) is 18.5 Å². The first-order chi connectivity index (χ1) is 8.16. The molecule has 90 valence electrons. The molecule has 0 amide bonds. The zero-order valence-electron chi connectivity index (χ0n) is 10.4. The van der Waals surface area contributed by atoms with E-state index in [2.05, 4.69) is 39.3 Å². The highest BCUT2D eigenvalue weighted by atomic mass is 15.2. The fourth-order valence-corrected chi connectivity index (χ4v) is 1.51. The number of rotatable bonds is 4. The van der Waals surface area contributed by atoms with E-state index in [-0.39, 0.29) is 0 Å². The zero-order valence-corrected chi connectivity index (χ0v) is 10.4. The van der Waals surface area contributed by atoms with E-state index in [4.69, 9.17) is 0 Å². The molecule has 5 heteroatoms. The largest absolute Gasteiger partial charge is 0.368 e. The normalized spacial score (nSPS) is 10.8. The van der Waals surface area contributed by atoms with Gasteiger partial charge in [-0.1, -0.05) is 13.8 Å². The summed E-state index contributed by atoms with van der Waals surface area (Å²) in [5, 5.41) is 10.4.